The second kappa shape index (κ2) is 11.6. The molecule has 2 aromatic rings. The monoisotopic (exact) mass is 427 g/mol. The maximum Gasteiger partial charge on any atom is 0.251 e. The number of hydrogen-bond donors (Lipinski definition) is 3. The van der Waals surface area contributed by atoms with E-state index in [4.69, 9.17) is 9.47 Å². The van der Waals surface area contributed by atoms with E-state index in [9.17, 15) is 14.4 Å². The molecule has 0 aliphatic carbocycles. The first-order chi connectivity index (χ1) is 14.8. The number of ether oxygens (including phenoxy) is 2. The van der Waals surface area contributed by atoms with Gasteiger partial charge in [-0.15, -0.1) is 0 Å². The largest absolute Gasteiger partial charge is 0.490 e. The SMILES string of the molecule is CCOc1ccc(C(=O)NCC(=O)NC(C)c2cccc(NC(C)=O)c2)cc1OCC. The molecular weight excluding hydrogens is 398 g/mol. The van der Waals surface area contributed by atoms with Crippen molar-refractivity contribution in [1.29, 1.82) is 0 Å². The maximum atomic E-state index is 12.5. The molecule has 2 aromatic carbocycles. The van der Waals surface area contributed by atoms with Gasteiger partial charge in [-0.2, -0.15) is 0 Å². The lowest BCUT2D eigenvalue weighted by Gasteiger charge is -2.16. The molecule has 0 fully saturated rings. The van der Waals surface area contributed by atoms with E-state index in [1.165, 1.54) is 6.92 Å². The van der Waals surface area contributed by atoms with Crippen LogP contribution in [0.5, 0.6) is 11.5 Å². The zero-order chi connectivity index (χ0) is 22.8. The molecule has 0 aliphatic rings. The van der Waals surface area contributed by atoms with Crippen molar-refractivity contribution in [3.63, 3.8) is 0 Å². The van der Waals surface area contributed by atoms with Crippen LogP contribution in [0.15, 0.2) is 42.5 Å². The summed E-state index contributed by atoms with van der Waals surface area (Å²) in [5, 5.41) is 8.15. The average molecular weight is 428 g/mol. The maximum absolute atomic E-state index is 12.5. The van der Waals surface area contributed by atoms with Crippen LogP contribution in [0.25, 0.3) is 0 Å². The van der Waals surface area contributed by atoms with Crippen LogP contribution in [0.4, 0.5) is 5.69 Å². The molecule has 0 heterocycles. The highest BCUT2D eigenvalue weighted by Crippen LogP contribution is 2.28. The van der Waals surface area contributed by atoms with Gasteiger partial charge in [0.2, 0.25) is 11.8 Å². The minimum absolute atomic E-state index is 0.168. The van der Waals surface area contributed by atoms with E-state index < -0.39 is 0 Å². The Morgan fingerprint density at radius 1 is 0.968 bits per heavy atom. The fourth-order valence-electron chi connectivity index (χ4n) is 2.92. The van der Waals surface area contributed by atoms with Gasteiger partial charge in [-0.05, 0) is 56.7 Å². The van der Waals surface area contributed by atoms with Crippen molar-refractivity contribution < 1.29 is 23.9 Å². The molecule has 0 saturated heterocycles. The molecule has 3 N–H and O–H groups in total. The van der Waals surface area contributed by atoms with Crippen LogP contribution < -0.4 is 25.4 Å². The fourth-order valence-corrected chi connectivity index (χ4v) is 2.92. The van der Waals surface area contributed by atoms with Gasteiger partial charge in [-0.25, -0.2) is 0 Å². The first-order valence-corrected chi connectivity index (χ1v) is 10.2. The van der Waals surface area contributed by atoms with E-state index in [-0.39, 0.29) is 30.3 Å². The molecule has 1 atom stereocenters. The first kappa shape index (κ1) is 23.7. The van der Waals surface area contributed by atoms with Gasteiger partial charge in [0.1, 0.15) is 0 Å². The Labute approximate surface area is 182 Å². The number of rotatable bonds is 10. The lowest BCUT2D eigenvalue weighted by molar-refractivity contribution is -0.120. The third-order valence-corrected chi connectivity index (χ3v) is 4.30. The number of anilines is 1. The number of benzene rings is 2. The molecule has 166 valence electrons. The van der Waals surface area contributed by atoms with E-state index in [0.29, 0.717) is 36.0 Å². The number of amides is 3. The molecule has 8 heteroatoms. The highest BCUT2D eigenvalue weighted by Gasteiger charge is 2.14. The summed E-state index contributed by atoms with van der Waals surface area (Å²) in [5.41, 5.74) is 1.86. The Kier molecular flexibility index (Phi) is 8.87. The Morgan fingerprint density at radius 2 is 1.68 bits per heavy atom. The summed E-state index contributed by atoms with van der Waals surface area (Å²) < 4.78 is 11.0. The van der Waals surface area contributed by atoms with E-state index in [2.05, 4.69) is 16.0 Å². The summed E-state index contributed by atoms with van der Waals surface area (Å²) >= 11 is 0. The second-order valence-corrected chi connectivity index (χ2v) is 6.81. The number of carbonyl (C=O) groups is 3. The van der Waals surface area contributed by atoms with E-state index in [0.717, 1.165) is 5.56 Å². The van der Waals surface area contributed by atoms with Gasteiger partial charge in [0.05, 0.1) is 25.8 Å². The Bertz CT molecular complexity index is 929. The zero-order valence-electron chi connectivity index (χ0n) is 18.3. The normalized spacial score (nSPS) is 11.2. The van der Waals surface area contributed by atoms with Crippen molar-refractivity contribution in [2.24, 2.45) is 0 Å². The molecule has 0 aliphatic heterocycles. The molecule has 0 radical (unpaired) electrons. The summed E-state index contributed by atoms with van der Waals surface area (Å²) in [4.78, 5) is 36.0. The van der Waals surface area contributed by atoms with Crippen molar-refractivity contribution in [3.8, 4) is 11.5 Å². The first-order valence-electron chi connectivity index (χ1n) is 10.2. The van der Waals surface area contributed by atoms with Crippen molar-refractivity contribution in [2.45, 2.75) is 33.7 Å². The van der Waals surface area contributed by atoms with Crippen LogP contribution in [0.1, 0.15) is 49.7 Å². The van der Waals surface area contributed by atoms with Gasteiger partial charge in [-0.1, -0.05) is 12.1 Å². The van der Waals surface area contributed by atoms with Crippen molar-refractivity contribution >= 4 is 23.4 Å². The average Bonchev–Trinajstić information content (AvgIpc) is 2.73. The fraction of sp³-hybridized carbons (Fsp3) is 0.348. The van der Waals surface area contributed by atoms with Crippen LogP contribution in [0.3, 0.4) is 0 Å². The van der Waals surface area contributed by atoms with Gasteiger partial charge < -0.3 is 25.4 Å². The lowest BCUT2D eigenvalue weighted by Crippen LogP contribution is -2.38. The van der Waals surface area contributed by atoms with Crippen LogP contribution >= 0.6 is 0 Å². The molecule has 0 bridgehead atoms. The molecule has 0 aromatic heterocycles. The Hall–Kier alpha value is -3.55. The summed E-state index contributed by atoms with van der Waals surface area (Å²) in [5.74, 6) is 0.155. The number of nitrogens with one attached hydrogen (secondary N) is 3. The molecule has 0 spiro atoms. The standard InChI is InChI=1S/C23H29N3O5/c1-5-30-20-11-10-18(13-21(20)31-6-2)23(29)24-14-22(28)25-15(3)17-8-7-9-19(12-17)26-16(4)27/h7-13,15H,5-6,14H2,1-4H3,(H,24,29)(H,25,28)(H,26,27). The van der Waals surface area contributed by atoms with Gasteiger partial charge in [0.15, 0.2) is 11.5 Å². The minimum atomic E-state index is -0.389. The second-order valence-electron chi connectivity index (χ2n) is 6.81. The molecule has 1 unspecified atom stereocenters. The van der Waals surface area contributed by atoms with Crippen molar-refractivity contribution in [1.82, 2.24) is 10.6 Å². The molecule has 31 heavy (non-hydrogen) atoms. The molecular formula is C23H29N3O5. The molecule has 8 nitrogen and oxygen atoms in total. The van der Waals surface area contributed by atoms with Crippen molar-refractivity contribution in [2.75, 3.05) is 25.1 Å². The van der Waals surface area contributed by atoms with Gasteiger partial charge in [0.25, 0.3) is 5.91 Å². The molecule has 2 rings (SSSR count). The van der Waals surface area contributed by atoms with Gasteiger partial charge in [-0.3, -0.25) is 14.4 Å². The number of hydrogen-bond acceptors (Lipinski definition) is 5. The third-order valence-electron chi connectivity index (χ3n) is 4.30. The predicted octanol–water partition coefficient (Wildman–Crippen LogP) is 3.05. The molecule has 3 amide bonds. The van der Waals surface area contributed by atoms with E-state index >= 15 is 0 Å². The summed E-state index contributed by atoms with van der Waals surface area (Å²) in [6.07, 6.45) is 0. The summed E-state index contributed by atoms with van der Waals surface area (Å²) in [6, 6.07) is 11.8. The van der Waals surface area contributed by atoms with Crippen molar-refractivity contribution in [3.05, 3.63) is 53.6 Å². The minimum Gasteiger partial charge on any atom is -0.490 e. The van der Waals surface area contributed by atoms with Gasteiger partial charge >= 0.3 is 0 Å². The van der Waals surface area contributed by atoms with Crippen LogP contribution in [-0.4, -0.2) is 37.5 Å². The smallest absolute Gasteiger partial charge is 0.251 e. The topological polar surface area (TPSA) is 106 Å². The molecule has 0 saturated carbocycles. The predicted molar refractivity (Wildman–Crippen MR) is 118 cm³/mol. The van der Waals surface area contributed by atoms with Crippen LogP contribution in [-0.2, 0) is 9.59 Å². The van der Waals surface area contributed by atoms with Crippen LogP contribution in [0, 0.1) is 0 Å². The summed E-state index contributed by atoms with van der Waals surface area (Å²) in [7, 11) is 0. The van der Waals surface area contributed by atoms with Gasteiger partial charge in [0, 0.05) is 18.2 Å². The Morgan fingerprint density at radius 3 is 2.35 bits per heavy atom. The van der Waals surface area contributed by atoms with E-state index in [1.807, 2.05) is 26.8 Å². The highest BCUT2D eigenvalue weighted by atomic mass is 16.5. The van der Waals surface area contributed by atoms with E-state index in [1.54, 1.807) is 36.4 Å². The highest BCUT2D eigenvalue weighted by molar-refractivity contribution is 5.97. The zero-order valence-corrected chi connectivity index (χ0v) is 18.3. The quantitative estimate of drug-likeness (QED) is 0.540. The summed E-state index contributed by atoms with van der Waals surface area (Å²) in [6.45, 7) is 7.72. The Balaban J connectivity index is 1.94. The number of carbonyl (C=O) groups excluding carboxylic acids is 3. The van der Waals surface area contributed by atoms with Crippen LogP contribution in [0.2, 0.25) is 0 Å². The lowest BCUT2D eigenvalue weighted by atomic mass is 10.1. The third kappa shape index (κ3) is 7.33.